The van der Waals surface area contributed by atoms with Crippen LogP contribution in [-0.2, 0) is 4.74 Å². The third kappa shape index (κ3) is 2.05. The molecule has 2 aliphatic rings. The number of rotatable bonds is 2. The number of likely N-dealkylation sites (N-methyl/N-ethyl adjacent to an activating group) is 1. The summed E-state index contributed by atoms with van der Waals surface area (Å²) in [6.45, 7) is 0. The van der Waals surface area contributed by atoms with Crippen molar-refractivity contribution in [2.24, 2.45) is 0 Å². The van der Waals surface area contributed by atoms with Crippen LogP contribution in [0.3, 0.4) is 0 Å². The predicted octanol–water partition coefficient (Wildman–Crippen LogP) is 2.95. The molecule has 2 saturated heterocycles. The van der Waals surface area contributed by atoms with Gasteiger partial charge in [0.25, 0.3) is 0 Å². The van der Waals surface area contributed by atoms with Gasteiger partial charge in [0.2, 0.25) is 0 Å². The topological polar surface area (TPSA) is 45.3 Å². The van der Waals surface area contributed by atoms with E-state index < -0.39 is 0 Å². The zero-order valence-electron chi connectivity index (χ0n) is 12.2. The van der Waals surface area contributed by atoms with Crippen molar-refractivity contribution in [3.8, 4) is 0 Å². The molecule has 2 bridgehead atoms. The summed E-state index contributed by atoms with van der Waals surface area (Å²) >= 11 is 0. The van der Waals surface area contributed by atoms with E-state index in [1.165, 1.54) is 12.8 Å². The molecular formula is C17H20N2O2. The molecule has 0 unspecified atom stereocenters. The van der Waals surface area contributed by atoms with E-state index in [0.29, 0.717) is 17.6 Å². The number of carbonyl (C=O) groups is 1. The maximum absolute atomic E-state index is 12.5. The lowest BCUT2D eigenvalue weighted by atomic mass is 10.0. The van der Waals surface area contributed by atoms with E-state index in [1.54, 1.807) is 6.20 Å². The third-order valence-electron chi connectivity index (χ3n) is 5.14. The lowest BCUT2D eigenvalue weighted by Gasteiger charge is -2.31. The first-order valence-electron chi connectivity index (χ1n) is 7.73. The molecule has 3 atom stereocenters. The highest BCUT2D eigenvalue weighted by molar-refractivity contribution is 6.04. The second-order valence-electron chi connectivity index (χ2n) is 6.24. The van der Waals surface area contributed by atoms with Gasteiger partial charge in [0.05, 0.1) is 5.56 Å². The van der Waals surface area contributed by atoms with Gasteiger partial charge in [0.1, 0.15) is 6.10 Å². The van der Waals surface area contributed by atoms with Crippen LogP contribution in [0.5, 0.6) is 0 Å². The Morgan fingerprint density at radius 2 is 2.19 bits per heavy atom. The molecule has 4 nitrogen and oxygen atoms in total. The van der Waals surface area contributed by atoms with Gasteiger partial charge in [0.15, 0.2) is 0 Å². The third-order valence-corrected chi connectivity index (χ3v) is 5.14. The first-order chi connectivity index (χ1) is 10.2. The largest absolute Gasteiger partial charge is 0.457 e. The minimum atomic E-state index is -0.196. The van der Waals surface area contributed by atoms with Gasteiger partial charge in [-0.2, -0.15) is 0 Å². The summed E-state index contributed by atoms with van der Waals surface area (Å²) in [5.41, 5.74) is 1.63. The van der Waals surface area contributed by atoms with E-state index in [0.717, 1.165) is 23.7 Å². The minimum absolute atomic E-state index is 0.0451. The number of nitrogens with zero attached hydrogens (tertiary/aromatic N) is 1. The number of para-hydroxylation sites is 1. The number of benzene rings is 1. The van der Waals surface area contributed by atoms with Gasteiger partial charge in [-0.3, -0.25) is 4.90 Å². The highest BCUT2D eigenvalue weighted by Gasteiger charge is 2.43. The predicted molar refractivity (Wildman–Crippen MR) is 81.3 cm³/mol. The van der Waals surface area contributed by atoms with Gasteiger partial charge in [-0.15, -0.1) is 0 Å². The second-order valence-corrected chi connectivity index (χ2v) is 6.24. The van der Waals surface area contributed by atoms with Crippen LogP contribution in [0.25, 0.3) is 10.9 Å². The number of hydrogen-bond acceptors (Lipinski definition) is 3. The summed E-state index contributed by atoms with van der Waals surface area (Å²) in [5, 5.41) is 0.942. The Bertz CT molecular complexity index is 678. The van der Waals surface area contributed by atoms with Crippen LogP contribution in [-0.4, -0.2) is 41.1 Å². The van der Waals surface area contributed by atoms with Crippen molar-refractivity contribution in [1.29, 1.82) is 0 Å². The zero-order valence-corrected chi connectivity index (χ0v) is 12.2. The molecule has 1 aromatic carbocycles. The quantitative estimate of drug-likeness (QED) is 0.862. The van der Waals surface area contributed by atoms with E-state index in [1.807, 2.05) is 24.3 Å². The van der Waals surface area contributed by atoms with Gasteiger partial charge in [-0.1, -0.05) is 24.6 Å². The summed E-state index contributed by atoms with van der Waals surface area (Å²) in [4.78, 5) is 18.0. The molecule has 0 radical (unpaired) electrons. The smallest absolute Gasteiger partial charge is 0.340 e. The normalized spacial score (nSPS) is 28.9. The molecule has 21 heavy (non-hydrogen) atoms. The maximum atomic E-state index is 12.5. The van der Waals surface area contributed by atoms with E-state index in [4.69, 9.17) is 4.74 Å². The second kappa shape index (κ2) is 4.88. The van der Waals surface area contributed by atoms with Crippen LogP contribution < -0.4 is 0 Å². The van der Waals surface area contributed by atoms with E-state index in [-0.39, 0.29) is 12.1 Å². The standard InChI is InChI=1S/C17H20N2O2/c1-19-11-5-4-8-15(19)16(9-11)21-17(20)13-10-18-14-7-3-2-6-12(13)14/h2-3,6-7,10-11,15-16,18H,4-5,8-9H2,1H3/t11-,15+,16-/m1/s1. The highest BCUT2D eigenvalue weighted by atomic mass is 16.5. The van der Waals surface area contributed by atoms with Crippen molar-refractivity contribution in [2.75, 3.05) is 7.05 Å². The summed E-state index contributed by atoms with van der Waals surface area (Å²) in [5.74, 6) is -0.196. The van der Waals surface area contributed by atoms with Crippen LogP contribution in [0.4, 0.5) is 0 Å². The average molecular weight is 284 g/mol. The Morgan fingerprint density at radius 1 is 1.33 bits per heavy atom. The number of aromatic amines is 1. The van der Waals surface area contributed by atoms with Gasteiger partial charge in [-0.05, 0) is 26.0 Å². The molecule has 0 amide bonds. The van der Waals surface area contributed by atoms with E-state index in [9.17, 15) is 4.79 Å². The van der Waals surface area contributed by atoms with Crippen LogP contribution in [0.2, 0.25) is 0 Å². The molecule has 2 aliphatic heterocycles. The molecule has 2 fully saturated rings. The van der Waals surface area contributed by atoms with Crippen LogP contribution in [0, 0.1) is 0 Å². The zero-order chi connectivity index (χ0) is 14.4. The molecule has 4 rings (SSSR count). The molecular weight excluding hydrogens is 264 g/mol. The Kier molecular flexibility index (Phi) is 3.00. The number of carbonyl (C=O) groups excluding carboxylic acids is 1. The fraction of sp³-hybridized carbons (Fsp3) is 0.471. The lowest BCUT2D eigenvalue weighted by Crippen LogP contribution is -2.39. The van der Waals surface area contributed by atoms with Crippen LogP contribution in [0.1, 0.15) is 36.0 Å². The van der Waals surface area contributed by atoms with E-state index in [2.05, 4.69) is 16.9 Å². The van der Waals surface area contributed by atoms with Crippen molar-refractivity contribution in [2.45, 2.75) is 43.9 Å². The number of ether oxygens (including phenoxy) is 1. The lowest BCUT2D eigenvalue weighted by molar-refractivity contribution is 0.0199. The van der Waals surface area contributed by atoms with Gasteiger partial charge < -0.3 is 9.72 Å². The number of esters is 1. The number of H-pyrrole nitrogens is 1. The van der Waals surface area contributed by atoms with Crippen molar-refractivity contribution >= 4 is 16.9 Å². The molecule has 0 spiro atoms. The molecule has 1 N–H and O–H groups in total. The summed E-state index contributed by atoms with van der Waals surface area (Å²) in [6, 6.07) is 8.83. The summed E-state index contributed by atoms with van der Waals surface area (Å²) in [7, 11) is 2.16. The molecule has 0 aliphatic carbocycles. The van der Waals surface area contributed by atoms with Gasteiger partial charge in [0, 0.05) is 35.6 Å². The minimum Gasteiger partial charge on any atom is -0.457 e. The number of piperidine rings is 1. The highest BCUT2D eigenvalue weighted by Crippen LogP contribution is 2.36. The van der Waals surface area contributed by atoms with Gasteiger partial charge in [-0.25, -0.2) is 4.79 Å². The van der Waals surface area contributed by atoms with Crippen LogP contribution >= 0.6 is 0 Å². The van der Waals surface area contributed by atoms with Gasteiger partial charge >= 0.3 is 5.97 Å². The molecule has 4 heteroatoms. The van der Waals surface area contributed by atoms with Crippen LogP contribution in [0.15, 0.2) is 30.5 Å². The molecule has 3 heterocycles. The summed E-state index contributed by atoms with van der Waals surface area (Å²) in [6.07, 6.45) is 6.41. The molecule has 2 aromatic rings. The fourth-order valence-corrected chi connectivity index (χ4v) is 3.97. The molecule has 1 aromatic heterocycles. The SMILES string of the molecule is CN1[C@@H]2CCC[C@H]1[C@H](OC(=O)c1c[nH]c3ccccc13)C2. The van der Waals surface area contributed by atoms with Crippen molar-refractivity contribution in [3.05, 3.63) is 36.0 Å². The Labute approximate surface area is 124 Å². The Hall–Kier alpha value is -1.81. The van der Waals surface area contributed by atoms with E-state index >= 15 is 0 Å². The Balaban J connectivity index is 1.56. The average Bonchev–Trinajstić information content (AvgIpc) is 2.96. The first kappa shape index (κ1) is 12.9. The number of aromatic nitrogens is 1. The molecule has 110 valence electrons. The Morgan fingerprint density at radius 3 is 3.05 bits per heavy atom. The number of hydrogen-bond donors (Lipinski definition) is 1. The van der Waals surface area contributed by atoms with Crippen molar-refractivity contribution in [3.63, 3.8) is 0 Å². The van der Waals surface area contributed by atoms with Crippen molar-refractivity contribution < 1.29 is 9.53 Å². The number of nitrogens with one attached hydrogen (secondary N) is 1. The molecule has 0 saturated carbocycles. The maximum Gasteiger partial charge on any atom is 0.340 e. The monoisotopic (exact) mass is 284 g/mol. The summed E-state index contributed by atoms with van der Waals surface area (Å²) < 4.78 is 5.85. The first-order valence-corrected chi connectivity index (χ1v) is 7.73. The fourth-order valence-electron chi connectivity index (χ4n) is 3.97. The number of fused-ring (bicyclic) bond motifs is 3. The van der Waals surface area contributed by atoms with Crippen molar-refractivity contribution in [1.82, 2.24) is 9.88 Å².